The minimum atomic E-state index is 0.0816. The fourth-order valence-electron chi connectivity index (χ4n) is 1.74. The van der Waals surface area contributed by atoms with Gasteiger partial charge in [0.2, 0.25) is 0 Å². The fourth-order valence-corrected chi connectivity index (χ4v) is 1.74. The third-order valence-electron chi connectivity index (χ3n) is 2.56. The van der Waals surface area contributed by atoms with Crippen molar-refractivity contribution >= 4 is 0 Å². The summed E-state index contributed by atoms with van der Waals surface area (Å²) in [5.41, 5.74) is 0.0816. The van der Waals surface area contributed by atoms with Crippen molar-refractivity contribution in [3.8, 4) is 6.07 Å². The summed E-state index contributed by atoms with van der Waals surface area (Å²) in [6, 6.07) is 2.39. The zero-order valence-electron chi connectivity index (χ0n) is 5.35. The fraction of sp³-hybridized carbons (Fsp3) is 0.857. The Morgan fingerprint density at radius 1 is 1.67 bits per heavy atom. The molecule has 2 atom stereocenters. The Bertz CT molecular complexity index is 170. The van der Waals surface area contributed by atoms with E-state index in [1.807, 2.05) is 0 Å². The van der Waals surface area contributed by atoms with Gasteiger partial charge in [-0.2, -0.15) is 5.26 Å². The molecule has 0 amide bonds. The Morgan fingerprint density at radius 2 is 2.56 bits per heavy atom. The molecule has 2 rings (SSSR count). The predicted octanol–water partition coefficient (Wildman–Crippen LogP) is 0.510. The standard InChI is InChI=1S/C7H10N2/c8-4-7-3-6(7)1-2-9-5-7/h6,9H,1-3,5H2. The van der Waals surface area contributed by atoms with Crippen molar-refractivity contribution in [2.75, 3.05) is 13.1 Å². The van der Waals surface area contributed by atoms with E-state index in [9.17, 15) is 0 Å². The largest absolute Gasteiger partial charge is 0.315 e. The lowest BCUT2D eigenvalue weighted by Gasteiger charge is -2.15. The third-order valence-corrected chi connectivity index (χ3v) is 2.56. The van der Waals surface area contributed by atoms with Gasteiger partial charge < -0.3 is 5.32 Å². The van der Waals surface area contributed by atoms with Gasteiger partial charge in [-0.15, -0.1) is 0 Å². The van der Waals surface area contributed by atoms with Gasteiger partial charge in [-0.25, -0.2) is 0 Å². The molecule has 48 valence electrons. The second-order valence-electron chi connectivity index (χ2n) is 3.13. The zero-order valence-corrected chi connectivity index (χ0v) is 5.35. The molecule has 1 saturated carbocycles. The lowest BCUT2D eigenvalue weighted by Crippen LogP contribution is -2.30. The number of fused-ring (bicyclic) bond motifs is 1. The highest BCUT2D eigenvalue weighted by Crippen LogP contribution is 2.54. The van der Waals surface area contributed by atoms with Gasteiger partial charge in [0.05, 0.1) is 11.5 Å². The molecule has 2 fully saturated rings. The second kappa shape index (κ2) is 1.48. The van der Waals surface area contributed by atoms with Crippen molar-refractivity contribution in [3.05, 3.63) is 0 Å². The van der Waals surface area contributed by atoms with Crippen LogP contribution in [0.1, 0.15) is 12.8 Å². The summed E-state index contributed by atoms with van der Waals surface area (Å²) in [7, 11) is 0. The molecule has 0 aromatic rings. The Labute approximate surface area is 54.9 Å². The van der Waals surface area contributed by atoms with Crippen LogP contribution in [0, 0.1) is 22.7 Å². The number of nitrogens with one attached hydrogen (secondary N) is 1. The van der Waals surface area contributed by atoms with E-state index in [1.165, 1.54) is 6.42 Å². The Kier molecular flexibility index (Phi) is 0.866. The van der Waals surface area contributed by atoms with Gasteiger partial charge in [0.15, 0.2) is 0 Å². The molecule has 2 aliphatic rings. The molecular formula is C7H10N2. The average molecular weight is 122 g/mol. The summed E-state index contributed by atoms with van der Waals surface area (Å²) in [6.45, 7) is 2.06. The highest BCUT2D eigenvalue weighted by atomic mass is 14.9. The Hall–Kier alpha value is -0.550. The van der Waals surface area contributed by atoms with Crippen molar-refractivity contribution < 1.29 is 0 Å². The SMILES string of the molecule is N#CC12CNCCC1C2. The van der Waals surface area contributed by atoms with E-state index in [0.29, 0.717) is 0 Å². The van der Waals surface area contributed by atoms with E-state index < -0.39 is 0 Å². The van der Waals surface area contributed by atoms with Crippen LogP contribution in [0.25, 0.3) is 0 Å². The molecular weight excluding hydrogens is 112 g/mol. The van der Waals surface area contributed by atoms with Gasteiger partial charge in [-0.05, 0) is 25.3 Å². The first-order valence-corrected chi connectivity index (χ1v) is 3.49. The van der Waals surface area contributed by atoms with E-state index in [4.69, 9.17) is 5.26 Å². The normalized spacial score (nSPS) is 47.2. The van der Waals surface area contributed by atoms with Gasteiger partial charge in [0.25, 0.3) is 0 Å². The second-order valence-corrected chi connectivity index (χ2v) is 3.13. The number of nitriles is 1. The van der Waals surface area contributed by atoms with Crippen molar-refractivity contribution in [2.24, 2.45) is 11.3 Å². The van der Waals surface area contributed by atoms with Crippen molar-refractivity contribution in [2.45, 2.75) is 12.8 Å². The summed E-state index contributed by atoms with van der Waals surface area (Å²) < 4.78 is 0. The summed E-state index contributed by atoms with van der Waals surface area (Å²) in [4.78, 5) is 0. The van der Waals surface area contributed by atoms with Crippen LogP contribution in [-0.2, 0) is 0 Å². The van der Waals surface area contributed by atoms with Gasteiger partial charge in [0, 0.05) is 6.54 Å². The molecule has 2 nitrogen and oxygen atoms in total. The molecule has 9 heavy (non-hydrogen) atoms. The van der Waals surface area contributed by atoms with E-state index in [-0.39, 0.29) is 5.41 Å². The number of nitrogens with zero attached hydrogens (tertiary/aromatic N) is 1. The minimum absolute atomic E-state index is 0.0816. The van der Waals surface area contributed by atoms with Gasteiger partial charge >= 0.3 is 0 Å². The highest BCUT2D eigenvalue weighted by Gasteiger charge is 2.55. The first-order valence-electron chi connectivity index (χ1n) is 3.49. The predicted molar refractivity (Wildman–Crippen MR) is 33.6 cm³/mol. The Morgan fingerprint density at radius 3 is 3.11 bits per heavy atom. The molecule has 0 spiro atoms. The van der Waals surface area contributed by atoms with Crippen LogP contribution >= 0.6 is 0 Å². The minimum Gasteiger partial charge on any atom is -0.315 e. The molecule has 1 saturated heterocycles. The molecule has 0 bridgehead atoms. The molecule has 1 aliphatic carbocycles. The van der Waals surface area contributed by atoms with Gasteiger partial charge in [0.1, 0.15) is 0 Å². The van der Waals surface area contributed by atoms with Crippen LogP contribution in [0.15, 0.2) is 0 Å². The van der Waals surface area contributed by atoms with Gasteiger partial charge in [-0.1, -0.05) is 0 Å². The molecule has 1 heterocycles. The van der Waals surface area contributed by atoms with E-state index in [0.717, 1.165) is 25.4 Å². The lowest BCUT2D eigenvalue weighted by atomic mass is 10.0. The molecule has 0 aromatic carbocycles. The van der Waals surface area contributed by atoms with Crippen LogP contribution in [0.2, 0.25) is 0 Å². The number of hydrogen-bond acceptors (Lipinski definition) is 2. The van der Waals surface area contributed by atoms with Crippen LogP contribution < -0.4 is 5.32 Å². The molecule has 1 aliphatic heterocycles. The van der Waals surface area contributed by atoms with E-state index in [2.05, 4.69) is 11.4 Å². The first-order chi connectivity index (χ1) is 4.37. The maximum Gasteiger partial charge on any atom is 0.0730 e. The van der Waals surface area contributed by atoms with Crippen LogP contribution in [0.3, 0.4) is 0 Å². The van der Waals surface area contributed by atoms with Crippen molar-refractivity contribution in [1.29, 1.82) is 5.26 Å². The number of hydrogen-bond donors (Lipinski definition) is 1. The molecule has 0 radical (unpaired) electrons. The first kappa shape index (κ1) is 5.25. The maximum absolute atomic E-state index is 8.70. The van der Waals surface area contributed by atoms with Crippen LogP contribution in [0.5, 0.6) is 0 Å². The smallest absolute Gasteiger partial charge is 0.0730 e. The van der Waals surface area contributed by atoms with E-state index in [1.54, 1.807) is 0 Å². The summed E-state index contributed by atoms with van der Waals surface area (Å²) in [5.74, 6) is 0.740. The van der Waals surface area contributed by atoms with Crippen molar-refractivity contribution in [3.63, 3.8) is 0 Å². The summed E-state index contributed by atoms with van der Waals surface area (Å²) in [5, 5.41) is 11.9. The topological polar surface area (TPSA) is 35.8 Å². The number of rotatable bonds is 0. The molecule has 2 heteroatoms. The van der Waals surface area contributed by atoms with E-state index >= 15 is 0 Å². The Balaban J connectivity index is 2.11. The van der Waals surface area contributed by atoms with Crippen LogP contribution in [-0.4, -0.2) is 13.1 Å². The summed E-state index contributed by atoms with van der Waals surface area (Å²) >= 11 is 0. The quantitative estimate of drug-likeness (QED) is 0.508. The maximum atomic E-state index is 8.70. The van der Waals surface area contributed by atoms with Crippen LogP contribution in [0.4, 0.5) is 0 Å². The van der Waals surface area contributed by atoms with Crippen molar-refractivity contribution in [1.82, 2.24) is 5.32 Å². The molecule has 1 N–H and O–H groups in total. The summed E-state index contributed by atoms with van der Waals surface area (Å²) in [6.07, 6.45) is 2.37. The highest BCUT2D eigenvalue weighted by molar-refractivity contribution is 5.18. The average Bonchev–Trinajstić information content (AvgIpc) is 2.62. The lowest BCUT2D eigenvalue weighted by molar-refractivity contribution is 0.431. The third kappa shape index (κ3) is 0.585. The molecule has 0 aromatic heterocycles. The zero-order chi connectivity index (χ0) is 6.32. The number of piperidine rings is 1. The van der Waals surface area contributed by atoms with Gasteiger partial charge in [-0.3, -0.25) is 0 Å². The monoisotopic (exact) mass is 122 g/mol. The molecule has 2 unspecified atom stereocenters.